The summed E-state index contributed by atoms with van der Waals surface area (Å²) >= 11 is 6.25. The van der Waals surface area contributed by atoms with Crippen LogP contribution in [0.2, 0.25) is 5.02 Å². The number of carbonyl (C=O) groups excluding carboxylic acids is 2. The Morgan fingerprint density at radius 1 is 1.19 bits per heavy atom. The molecule has 1 atom stereocenters. The molecule has 0 unspecified atom stereocenters. The molecule has 1 saturated heterocycles. The van der Waals surface area contributed by atoms with Crippen molar-refractivity contribution in [1.29, 1.82) is 0 Å². The van der Waals surface area contributed by atoms with Crippen molar-refractivity contribution in [2.45, 2.75) is 52.0 Å². The second kappa shape index (κ2) is 12.6. The number of halogens is 1. The number of piperidine rings is 1. The van der Waals surface area contributed by atoms with Gasteiger partial charge in [0.25, 0.3) is 0 Å². The molecule has 1 aromatic heterocycles. The summed E-state index contributed by atoms with van der Waals surface area (Å²) in [6.07, 6.45) is 8.04. The number of amides is 2. The van der Waals surface area contributed by atoms with Crippen LogP contribution in [0.25, 0.3) is 0 Å². The van der Waals surface area contributed by atoms with Crippen molar-refractivity contribution in [1.82, 2.24) is 20.0 Å². The molecule has 0 bridgehead atoms. The highest BCUT2D eigenvalue weighted by Crippen LogP contribution is 2.19. The average molecular weight is 460 g/mol. The predicted molar refractivity (Wildman–Crippen MR) is 128 cm³/mol. The lowest BCUT2D eigenvalue weighted by atomic mass is 9.97. The molecule has 2 amide bonds. The minimum absolute atomic E-state index is 0.0477. The molecule has 1 aliphatic heterocycles. The Bertz CT molecular complexity index is 885. The summed E-state index contributed by atoms with van der Waals surface area (Å²) in [5.41, 5.74) is 0.938. The molecular weight excluding hydrogens is 426 g/mol. The van der Waals surface area contributed by atoms with Gasteiger partial charge in [-0.1, -0.05) is 56.0 Å². The van der Waals surface area contributed by atoms with Gasteiger partial charge in [-0.25, -0.2) is 4.68 Å². The normalized spacial score (nSPS) is 16.6. The summed E-state index contributed by atoms with van der Waals surface area (Å²) in [6, 6.07) is 9.37. The zero-order chi connectivity index (χ0) is 22.8. The molecule has 0 spiro atoms. The molecule has 0 aliphatic carbocycles. The third-order valence-corrected chi connectivity index (χ3v) is 6.20. The zero-order valence-corrected chi connectivity index (χ0v) is 19.6. The molecule has 174 valence electrons. The van der Waals surface area contributed by atoms with Gasteiger partial charge in [-0.2, -0.15) is 5.10 Å². The average Bonchev–Trinajstić information content (AvgIpc) is 3.21. The van der Waals surface area contributed by atoms with Crippen LogP contribution in [0.4, 0.5) is 5.82 Å². The Labute approximate surface area is 195 Å². The van der Waals surface area contributed by atoms with E-state index in [9.17, 15) is 9.59 Å². The number of unbranched alkanes of at least 4 members (excludes halogenated alkanes) is 3. The lowest BCUT2D eigenvalue weighted by molar-refractivity contribution is -0.128. The summed E-state index contributed by atoms with van der Waals surface area (Å²) in [7, 11) is 0. The number of rotatable bonds is 11. The maximum Gasteiger partial charge on any atom is 0.239 e. The van der Waals surface area contributed by atoms with Gasteiger partial charge in [-0.05, 0) is 37.4 Å². The molecule has 1 fully saturated rings. The number of benzene rings is 1. The fourth-order valence-corrected chi connectivity index (χ4v) is 4.25. The van der Waals surface area contributed by atoms with Crippen molar-refractivity contribution in [3.05, 3.63) is 47.1 Å². The van der Waals surface area contributed by atoms with E-state index in [0.717, 1.165) is 44.3 Å². The Balaban J connectivity index is 1.46. The molecule has 8 heteroatoms. The van der Waals surface area contributed by atoms with Crippen LogP contribution in [-0.2, 0) is 16.1 Å². The van der Waals surface area contributed by atoms with Gasteiger partial charge in [0.1, 0.15) is 5.82 Å². The van der Waals surface area contributed by atoms with E-state index >= 15 is 0 Å². The monoisotopic (exact) mass is 459 g/mol. The molecule has 32 heavy (non-hydrogen) atoms. The molecule has 2 aromatic rings. The summed E-state index contributed by atoms with van der Waals surface area (Å²) < 4.78 is 1.73. The minimum atomic E-state index is -0.105. The zero-order valence-electron chi connectivity index (χ0n) is 18.9. The SMILES string of the molecule is CCCCCCNC(=O)[C@H]1CCCN(CC(=O)Nc2ccnn2Cc2ccccc2Cl)C1. The number of carbonyl (C=O) groups is 2. The molecule has 2 N–H and O–H groups in total. The van der Waals surface area contributed by atoms with E-state index < -0.39 is 0 Å². The molecule has 2 heterocycles. The number of hydrogen-bond acceptors (Lipinski definition) is 4. The van der Waals surface area contributed by atoms with Gasteiger partial charge in [0, 0.05) is 24.2 Å². The fourth-order valence-electron chi connectivity index (χ4n) is 4.06. The van der Waals surface area contributed by atoms with Gasteiger partial charge in [0.15, 0.2) is 0 Å². The van der Waals surface area contributed by atoms with Gasteiger partial charge in [-0.15, -0.1) is 0 Å². The lowest BCUT2D eigenvalue weighted by Crippen LogP contribution is -2.45. The second-order valence-electron chi connectivity index (χ2n) is 8.44. The number of nitrogens with zero attached hydrogens (tertiary/aromatic N) is 3. The van der Waals surface area contributed by atoms with Gasteiger partial charge in [0.2, 0.25) is 11.8 Å². The van der Waals surface area contributed by atoms with Crippen LogP contribution >= 0.6 is 11.6 Å². The van der Waals surface area contributed by atoms with Crippen molar-refractivity contribution >= 4 is 29.2 Å². The van der Waals surface area contributed by atoms with Crippen LogP contribution in [0.5, 0.6) is 0 Å². The molecular formula is C24H34ClN5O2. The topological polar surface area (TPSA) is 79.3 Å². The first kappa shape index (κ1) is 24.3. The Morgan fingerprint density at radius 2 is 2.03 bits per heavy atom. The van der Waals surface area contributed by atoms with E-state index in [-0.39, 0.29) is 24.3 Å². The van der Waals surface area contributed by atoms with Crippen LogP contribution in [0.1, 0.15) is 51.0 Å². The Morgan fingerprint density at radius 3 is 2.84 bits per heavy atom. The van der Waals surface area contributed by atoms with Crippen molar-refractivity contribution in [2.75, 3.05) is 31.5 Å². The summed E-state index contributed by atoms with van der Waals surface area (Å²) in [5, 5.41) is 11.0. The maximum atomic E-state index is 12.7. The summed E-state index contributed by atoms with van der Waals surface area (Å²) in [5.74, 6) is 0.595. The maximum absolute atomic E-state index is 12.7. The molecule has 0 saturated carbocycles. The number of hydrogen-bond donors (Lipinski definition) is 2. The van der Waals surface area contributed by atoms with Crippen molar-refractivity contribution in [2.24, 2.45) is 5.92 Å². The van der Waals surface area contributed by atoms with E-state index in [2.05, 4.69) is 27.6 Å². The second-order valence-corrected chi connectivity index (χ2v) is 8.85. The first-order chi connectivity index (χ1) is 15.6. The van der Waals surface area contributed by atoms with E-state index in [1.54, 1.807) is 16.9 Å². The van der Waals surface area contributed by atoms with Gasteiger partial charge in [-0.3, -0.25) is 14.5 Å². The Hall–Kier alpha value is -2.38. The third-order valence-electron chi connectivity index (χ3n) is 5.84. The van der Waals surface area contributed by atoms with E-state index in [4.69, 9.17) is 11.6 Å². The lowest BCUT2D eigenvalue weighted by Gasteiger charge is -2.31. The van der Waals surface area contributed by atoms with Gasteiger partial charge >= 0.3 is 0 Å². The van der Waals surface area contributed by atoms with Crippen molar-refractivity contribution in [3.63, 3.8) is 0 Å². The van der Waals surface area contributed by atoms with E-state index in [1.165, 1.54) is 12.8 Å². The number of nitrogens with one attached hydrogen (secondary N) is 2. The highest BCUT2D eigenvalue weighted by molar-refractivity contribution is 6.31. The fraction of sp³-hybridized carbons (Fsp3) is 0.542. The van der Waals surface area contributed by atoms with Gasteiger partial charge in [0.05, 0.1) is 25.2 Å². The largest absolute Gasteiger partial charge is 0.356 e. The third kappa shape index (κ3) is 7.35. The number of likely N-dealkylation sites (tertiary alicyclic amines) is 1. The van der Waals surface area contributed by atoms with Crippen LogP contribution in [0.3, 0.4) is 0 Å². The summed E-state index contributed by atoms with van der Waals surface area (Å²) in [6.45, 7) is 5.10. The van der Waals surface area contributed by atoms with Crippen LogP contribution < -0.4 is 10.6 Å². The molecule has 1 aliphatic rings. The molecule has 1 aromatic carbocycles. The van der Waals surface area contributed by atoms with Crippen LogP contribution in [0.15, 0.2) is 36.5 Å². The molecule has 3 rings (SSSR count). The molecule has 0 radical (unpaired) electrons. The Kier molecular flexibility index (Phi) is 9.56. The number of anilines is 1. The van der Waals surface area contributed by atoms with Crippen molar-refractivity contribution < 1.29 is 9.59 Å². The van der Waals surface area contributed by atoms with Gasteiger partial charge < -0.3 is 10.6 Å². The molecule has 7 nitrogen and oxygen atoms in total. The minimum Gasteiger partial charge on any atom is -0.356 e. The van der Waals surface area contributed by atoms with Crippen LogP contribution in [0, 0.1) is 5.92 Å². The quantitative estimate of drug-likeness (QED) is 0.499. The first-order valence-corrected chi connectivity index (χ1v) is 12.0. The van der Waals surface area contributed by atoms with Crippen molar-refractivity contribution in [3.8, 4) is 0 Å². The standard InChI is InChI=1S/C24H34ClN5O2/c1-2-3-4-7-13-26-24(32)20-10-8-15-29(16-20)18-23(31)28-22-12-14-27-30(22)17-19-9-5-6-11-21(19)25/h5-6,9,11-12,14,20H,2-4,7-8,10,13,15-18H2,1H3,(H,26,32)(H,28,31)/t20-/m0/s1. The van der Waals surface area contributed by atoms with E-state index in [1.807, 2.05) is 24.3 Å². The smallest absolute Gasteiger partial charge is 0.239 e. The highest BCUT2D eigenvalue weighted by Gasteiger charge is 2.26. The summed E-state index contributed by atoms with van der Waals surface area (Å²) in [4.78, 5) is 27.2. The number of aromatic nitrogens is 2. The predicted octanol–water partition coefficient (Wildman–Crippen LogP) is 3.93. The van der Waals surface area contributed by atoms with E-state index in [0.29, 0.717) is 23.9 Å². The van der Waals surface area contributed by atoms with Crippen LogP contribution in [-0.4, -0.2) is 52.7 Å². The first-order valence-electron chi connectivity index (χ1n) is 11.6. The highest BCUT2D eigenvalue weighted by atomic mass is 35.5.